The molecule has 0 N–H and O–H groups in total. The summed E-state index contributed by atoms with van der Waals surface area (Å²) < 4.78 is 32.1. The molecular formula is C35H65NO6Si2. The molecule has 44 heavy (non-hydrogen) atoms. The van der Waals surface area contributed by atoms with Crippen LogP contribution in [0.5, 0.6) is 5.75 Å². The second kappa shape index (κ2) is 14.2. The van der Waals surface area contributed by atoms with E-state index in [1.165, 1.54) is 0 Å². The Bertz CT molecular complexity index is 1090. The molecule has 1 amide bonds. The largest absolute Gasteiger partial charge is 0.465 e. The average molecular weight is 652 g/mol. The number of carbonyl (C=O) groups excluding carboxylic acids is 1. The highest BCUT2D eigenvalue weighted by Gasteiger charge is 2.42. The second-order valence-corrected chi connectivity index (χ2v) is 27.0. The van der Waals surface area contributed by atoms with E-state index in [-0.39, 0.29) is 28.6 Å². The molecule has 1 aliphatic rings. The fourth-order valence-corrected chi connectivity index (χ4v) is 6.52. The number of nitrogens with zero attached hydrogens (tertiary/aromatic N) is 1. The molecule has 1 fully saturated rings. The molecule has 0 bridgehead atoms. The van der Waals surface area contributed by atoms with E-state index in [4.69, 9.17) is 23.1 Å². The van der Waals surface area contributed by atoms with Crippen LogP contribution < -0.4 is 4.74 Å². The Morgan fingerprint density at radius 3 is 1.98 bits per heavy atom. The highest BCUT2D eigenvalue weighted by molar-refractivity contribution is 6.74. The fraction of sp³-hybridized carbons (Fsp3) is 0.800. The topological polar surface area (TPSA) is 66.5 Å². The highest BCUT2D eigenvalue weighted by atomic mass is 28.4. The lowest BCUT2D eigenvalue weighted by Gasteiger charge is -2.43. The van der Waals surface area contributed by atoms with E-state index in [9.17, 15) is 4.79 Å². The van der Waals surface area contributed by atoms with Gasteiger partial charge in [-0.15, -0.1) is 0 Å². The van der Waals surface area contributed by atoms with Crippen molar-refractivity contribution in [1.82, 2.24) is 4.90 Å². The Morgan fingerprint density at radius 1 is 0.909 bits per heavy atom. The lowest BCUT2D eigenvalue weighted by atomic mass is 10.0. The van der Waals surface area contributed by atoms with Crippen molar-refractivity contribution in [2.45, 2.75) is 169 Å². The number of hydrogen-bond acceptors (Lipinski definition) is 6. The Morgan fingerprint density at radius 2 is 1.50 bits per heavy atom. The summed E-state index contributed by atoms with van der Waals surface area (Å²) in [6.45, 7) is 35.9. The first kappa shape index (κ1) is 38.8. The maximum atomic E-state index is 13.6. The van der Waals surface area contributed by atoms with Gasteiger partial charge in [0.15, 0.2) is 22.9 Å². The van der Waals surface area contributed by atoms with Gasteiger partial charge in [0.25, 0.3) is 0 Å². The molecule has 2 rings (SSSR count). The fourth-order valence-electron chi connectivity index (χ4n) is 4.30. The van der Waals surface area contributed by atoms with Crippen molar-refractivity contribution in [3.63, 3.8) is 0 Å². The van der Waals surface area contributed by atoms with Crippen molar-refractivity contribution in [2.75, 3.05) is 13.2 Å². The van der Waals surface area contributed by atoms with Crippen LogP contribution in [-0.2, 0) is 24.9 Å². The third-order valence-corrected chi connectivity index (χ3v) is 18.2. The van der Waals surface area contributed by atoms with Crippen LogP contribution in [0.2, 0.25) is 36.3 Å². The van der Waals surface area contributed by atoms with Gasteiger partial charge in [-0.25, -0.2) is 4.79 Å². The van der Waals surface area contributed by atoms with Crippen LogP contribution in [0.1, 0.15) is 120 Å². The smallest absolute Gasteiger partial charge is 0.410 e. The van der Waals surface area contributed by atoms with Crippen LogP contribution >= 0.6 is 0 Å². The van der Waals surface area contributed by atoms with Crippen molar-refractivity contribution in [3.8, 4) is 5.75 Å². The summed E-state index contributed by atoms with van der Waals surface area (Å²) in [6, 6.07) is 6.29. The summed E-state index contributed by atoms with van der Waals surface area (Å²) in [7, 11) is -4.29. The molecule has 7 nitrogen and oxygen atoms in total. The molecule has 1 aromatic carbocycles. The molecule has 0 aliphatic carbocycles. The minimum absolute atomic E-state index is 0.0145. The first-order chi connectivity index (χ1) is 19.7. The minimum Gasteiger partial charge on any atom is -0.465 e. The highest BCUT2D eigenvalue weighted by Crippen LogP contribution is 2.42. The number of amides is 1. The molecule has 254 valence electrons. The molecule has 1 aliphatic heterocycles. The van der Waals surface area contributed by atoms with E-state index in [0.29, 0.717) is 19.8 Å². The van der Waals surface area contributed by atoms with Crippen LogP contribution in [0.4, 0.5) is 4.79 Å². The van der Waals surface area contributed by atoms with Crippen molar-refractivity contribution < 1.29 is 27.9 Å². The first-order valence-electron chi connectivity index (χ1n) is 16.5. The van der Waals surface area contributed by atoms with Crippen molar-refractivity contribution in [1.29, 1.82) is 0 Å². The monoisotopic (exact) mass is 651 g/mol. The summed E-state index contributed by atoms with van der Waals surface area (Å²) in [5.74, 6) is 0.783. The van der Waals surface area contributed by atoms with Gasteiger partial charge in [0, 0.05) is 17.5 Å². The van der Waals surface area contributed by atoms with Gasteiger partial charge in [-0.2, -0.15) is 0 Å². The summed E-state index contributed by atoms with van der Waals surface area (Å²) in [4.78, 5) is 15.4. The predicted octanol–water partition coefficient (Wildman–Crippen LogP) is 10.2. The van der Waals surface area contributed by atoms with Crippen LogP contribution in [-0.4, -0.2) is 58.2 Å². The van der Waals surface area contributed by atoms with Crippen LogP contribution in [0.15, 0.2) is 18.2 Å². The summed E-state index contributed by atoms with van der Waals surface area (Å²) in [6.07, 6.45) is 2.06. The minimum atomic E-state index is -2.25. The Hall–Kier alpha value is -1.40. The Labute approximate surface area is 272 Å². The summed E-state index contributed by atoms with van der Waals surface area (Å²) in [5.41, 5.74) is 0.890. The Balaban J connectivity index is 2.62. The summed E-state index contributed by atoms with van der Waals surface area (Å²) >= 11 is 0. The van der Waals surface area contributed by atoms with E-state index in [2.05, 4.69) is 79.9 Å². The van der Waals surface area contributed by atoms with Gasteiger partial charge in [-0.05, 0) is 108 Å². The van der Waals surface area contributed by atoms with Gasteiger partial charge in [0.05, 0.1) is 25.9 Å². The van der Waals surface area contributed by atoms with Crippen molar-refractivity contribution in [3.05, 3.63) is 29.3 Å². The van der Waals surface area contributed by atoms with Crippen LogP contribution in [0.3, 0.4) is 0 Å². The third kappa shape index (κ3) is 11.1. The second-order valence-electron chi connectivity index (χ2n) is 17.5. The SMILES string of the molecule is CC(C)(C)OC(=O)N(CC(O[Si](C)(C)C(C)(C)C)c1ccc(OC2CCCCO2)c(CO[Si](C)(C)C(C)(C)C)c1)C(C)(C)C. The maximum Gasteiger partial charge on any atom is 0.410 e. The molecule has 1 heterocycles. The van der Waals surface area contributed by atoms with Gasteiger partial charge in [0.1, 0.15) is 11.4 Å². The average Bonchev–Trinajstić information content (AvgIpc) is 2.83. The molecule has 2 atom stereocenters. The molecule has 2 unspecified atom stereocenters. The van der Waals surface area contributed by atoms with Crippen molar-refractivity contribution in [2.24, 2.45) is 0 Å². The Kier molecular flexibility index (Phi) is 12.5. The zero-order valence-electron chi connectivity index (χ0n) is 31.0. The molecule has 0 saturated carbocycles. The number of rotatable bonds is 10. The summed E-state index contributed by atoms with van der Waals surface area (Å²) in [5, 5.41) is 0.0616. The van der Waals surface area contributed by atoms with Gasteiger partial charge in [-0.1, -0.05) is 47.6 Å². The van der Waals surface area contributed by atoms with Gasteiger partial charge < -0.3 is 28.0 Å². The zero-order chi connectivity index (χ0) is 33.9. The number of carbonyl (C=O) groups is 1. The molecule has 1 aromatic rings. The predicted molar refractivity (Wildman–Crippen MR) is 186 cm³/mol. The third-order valence-electron chi connectivity index (χ3n) is 9.26. The van der Waals surface area contributed by atoms with Gasteiger partial charge in [0.2, 0.25) is 0 Å². The standard InChI is InChI=1S/C35H65NO6Si2/c1-32(2,3)36(31(37)41-33(4,5)6)24-29(42-44(15,16)35(10,11)12)26-20-21-28(40-30-19-17-18-22-38-30)27(23-26)25-39-43(13,14)34(7,8)9/h20-21,23,29-30H,17-19,22,24-25H2,1-16H3. The molecule has 0 radical (unpaired) electrons. The first-order valence-corrected chi connectivity index (χ1v) is 22.3. The maximum absolute atomic E-state index is 13.6. The van der Waals surface area contributed by atoms with E-state index < -0.39 is 27.8 Å². The molecular weight excluding hydrogens is 587 g/mol. The van der Waals surface area contributed by atoms with E-state index in [0.717, 1.165) is 36.1 Å². The lowest BCUT2D eigenvalue weighted by molar-refractivity contribution is -0.106. The lowest BCUT2D eigenvalue weighted by Crippen LogP contribution is -2.51. The number of benzene rings is 1. The molecule has 1 saturated heterocycles. The zero-order valence-corrected chi connectivity index (χ0v) is 33.0. The molecule has 0 aromatic heterocycles. The molecule has 9 heteroatoms. The van der Waals surface area contributed by atoms with Gasteiger partial charge in [-0.3, -0.25) is 0 Å². The van der Waals surface area contributed by atoms with Crippen LogP contribution in [0, 0.1) is 0 Å². The van der Waals surface area contributed by atoms with Gasteiger partial charge >= 0.3 is 6.09 Å². The normalized spacial score (nSPS) is 18.1. The van der Waals surface area contributed by atoms with E-state index in [1.807, 2.05) is 52.5 Å². The number of ether oxygens (including phenoxy) is 3. The van der Waals surface area contributed by atoms with E-state index >= 15 is 0 Å². The molecule has 0 spiro atoms. The number of hydrogen-bond donors (Lipinski definition) is 0. The van der Waals surface area contributed by atoms with Crippen LogP contribution in [0.25, 0.3) is 0 Å². The van der Waals surface area contributed by atoms with Crippen molar-refractivity contribution >= 4 is 22.7 Å². The quantitative estimate of drug-likeness (QED) is 0.235. The van der Waals surface area contributed by atoms with E-state index in [1.54, 1.807) is 0 Å².